The Bertz CT molecular complexity index is 849. The van der Waals surface area contributed by atoms with Crippen molar-refractivity contribution in [3.05, 3.63) is 54.1 Å². The van der Waals surface area contributed by atoms with E-state index < -0.39 is 0 Å². The van der Waals surface area contributed by atoms with E-state index in [0.29, 0.717) is 23.5 Å². The maximum absolute atomic E-state index is 12.2. The summed E-state index contributed by atoms with van der Waals surface area (Å²) in [6.07, 6.45) is 1.96. The first-order chi connectivity index (χ1) is 13.9. The van der Waals surface area contributed by atoms with Crippen LogP contribution in [0.3, 0.4) is 0 Å². The van der Waals surface area contributed by atoms with Gasteiger partial charge in [-0.1, -0.05) is 19.4 Å². The molecule has 29 heavy (non-hydrogen) atoms. The minimum atomic E-state index is -0.213. The first kappa shape index (κ1) is 21.9. The summed E-state index contributed by atoms with van der Waals surface area (Å²) in [5.41, 5.74) is 2.64. The summed E-state index contributed by atoms with van der Waals surface area (Å²) in [7, 11) is 1.69. The van der Waals surface area contributed by atoms with Gasteiger partial charge in [0.2, 0.25) is 11.8 Å². The third kappa shape index (κ3) is 6.95. The van der Waals surface area contributed by atoms with E-state index in [2.05, 4.69) is 22.9 Å². The van der Waals surface area contributed by atoms with Crippen LogP contribution >= 0.6 is 0 Å². The van der Waals surface area contributed by atoms with Gasteiger partial charge in [0, 0.05) is 43.1 Å². The lowest BCUT2D eigenvalue weighted by Crippen LogP contribution is -2.25. The quantitative estimate of drug-likeness (QED) is 0.568. The average molecular weight is 396 g/mol. The molecule has 3 amide bonds. The zero-order chi connectivity index (χ0) is 21.2. The number of carbonyl (C=O) groups excluding carboxylic acids is 3. The lowest BCUT2D eigenvalue weighted by Gasteiger charge is -2.15. The van der Waals surface area contributed by atoms with Crippen LogP contribution in [-0.2, 0) is 9.59 Å². The number of benzene rings is 2. The largest absolute Gasteiger partial charge is 0.376 e. The molecule has 2 aromatic carbocycles. The monoisotopic (exact) mass is 396 g/mol. The predicted octanol–water partition coefficient (Wildman–Crippen LogP) is 3.25. The molecule has 0 radical (unpaired) electrons. The van der Waals surface area contributed by atoms with Gasteiger partial charge >= 0.3 is 0 Å². The topological polar surface area (TPSA) is 90.5 Å². The van der Waals surface area contributed by atoms with Gasteiger partial charge in [-0.2, -0.15) is 0 Å². The molecule has 0 aliphatic carbocycles. The van der Waals surface area contributed by atoms with Crippen molar-refractivity contribution in [3.8, 4) is 0 Å². The molecule has 0 bridgehead atoms. The van der Waals surface area contributed by atoms with E-state index in [1.165, 1.54) is 11.8 Å². The molecule has 0 aromatic heterocycles. The van der Waals surface area contributed by atoms with Crippen molar-refractivity contribution < 1.29 is 14.4 Å². The number of anilines is 3. The number of nitrogens with zero attached hydrogens (tertiary/aromatic N) is 1. The number of nitrogens with one attached hydrogen (secondary N) is 3. The molecule has 0 aliphatic rings. The zero-order valence-corrected chi connectivity index (χ0v) is 17.1. The van der Waals surface area contributed by atoms with Crippen LogP contribution in [0.15, 0.2) is 48.5 Å². The minimum Gasteiger partial charge on any atom is -0.376 e. The maximum atomic E-state index is 12.2. The van der Waals surface area contributed by atoms with Gasteiger partial charge < -0.3 is 20.9 Å². The summed E-state index contributed by atoms with van der Waals surface area (Å²) < 4.78 is 0. The molecule has 0 fully saturated rings. The van der Waals surface area contributed by atoms with Gasteiger partial charge in [-0.05, 0) is 48.9 Å². The molecule has 0 saturated heterocycles. The van der Waals surface area contributed by atoms with Crippen LogP contribution in [0, 0.1) is 0 Å². The summed E-state index contributed by atoms with van der Waals surface area (Å²) in [4.78, 5) is 37.2. The summed E-state index contributed by atoms with van der Waals surface area (Å²) >= 11 is 0. The van der Waals surface area contributed by atoms with E-state index in [9.17, 15) is 14.4 Å². The molecule has 0 unspecified atom stereocenters. The van der Waals surface area contributed by atoms with Crippen LogP contribution in [0.2, 0.25) is 0 Å². The highest BCUT2D eigenvalue weighted by atomic mass is 16.2. The van der Waals surface area contributed by atoms with Gasteiger partial charge in [-0.3, -0.25) is 14.4 Å². The summed E-state index contributed by atoms with van der Waals surface area (Å²) in [6.45, 7) is 4.28. The molecule has 0 atom stereocenters. The standard InChI is InChI=1S/C22H28N4O3/c1-4-5-13-23-22(29)17-7-6-8-19(14-17)24-15-21(28)25-18-9-11-20(12-10-18)26(3)16(2)27/h6-12,14,24H,4-5,13,15H2,1-3H3,(H,23,29)(H,25,28). The maximum Gasteiger partial charge on any atom is 0.251 e. The molecule has 7 nitrogen and oxygen atoms in total. The number of amides is 3. The molecular weight excluding hydrogens is 368 g/mol. The van der Waals surface area contributed by atoms with Gasteiger partial charge in [0.05, 0.1) is 6.54 Å². The number of rotatable bonds is 9. The molecule has 154 valence electrons. The molecule has 2 aromatic rings. The van der Waals surface area contributed by atoms with E-state index in [1.807, 2.05) is 6.07 Å². The third-order valence-corrected chi connectivity index (χ3v) is 4.40. The normalized spacial score (nSPS) is 10.2. The number of hydrogen-bond donors (Lipinski definition) is 3. The fraction of sp³-hybridized carbons (Fsp3) is 0.318. The molecule has 2 rings (SSSR count). The lowest BCUT2D eigenvalue weighted by molar-refractivity contribution is -0.116. The van der Waals surface area contributed by atoms with E-state index in [0.717, 1.165) is 18.5 Å². The first-order valence-corrected chi connectivity index (χ1v) is 9.67. The van der Waals surface area contributed by atoms with Crippen LogP contribution in [0.5, 0.6) is 0 Å². The molecule has 0 saturated carbocycles. The molecule has 0 spiro atoms. The second-order valence-corrected chi connectivity index (χ2v) is 6.72. The van der Waals surface area contributed by atoms with Gasteiger partial charge in [0.25, 0.3) is 5.91 Å². The molecule has 7 heteroatoms. The number of unbranched alkanes of at least 4 members (excludes halogenated alkanes) is 1. The van der Waals surface area contributed by atoms with Crippen molar-refractivity contribution in [2.24, 2.45) is 0 Å². The van der Waals surface area contributed by atoms with E-state index in [4.69, 9.17) is 0 Å². The Hall–Kier alpha value is -3.35. The summed E-state index contributed by atoms with van der Waals surface area (Å²) in [6, 6.07) is 14.1. The van der Waals surface area contributed by atoms with Crippen LogP contribution in [0.25, 0.3) is 0 Å². The van der Waals surface area contributed by atoms with Gasteiger partial charge in [0.1, 0.15) is 0 Å². The summed E-state index contributed by atoms with van der Waals surface area (Å²) in [5, 5.41) is 8.70. The smallest absolute Gasteiger partial charge is 0.251 e. The lowest BCUT2D eigenvalue weighted by atomic mass is 10.2. The minimum absolute atomic E-state index is 0.0627. The first-order valence-electron chi connectivity index (χ1n) is 9.67. The third-order valence-electron chi connectivity index (χ3n) is 4.40. The van der Waals surface area contributed by atoms with Crippen LogP contribution in [-0.4, -0.2) is 37.9 Å². The Balaban J connectivity index is 1.87. The van der Waals surface area contributed by atoms with Crippen molar-refractivity contribution in [2.75, 3.05) is 35.7 Å². The SMILES string of the molecule is CCCCNC(=O)c1cccc(NCC(=O)Nc2ccc(N(C)C(C)=O)cc2)c1. The molecule has 0 aliphatic heterocycles. The Labute approximate surface area is 171 Å². The Kier molecular flexibility index (Phi) is 8.21. The second kappa shape index (κ2) is 10.8. The fourth-order valence-electron chi connectivity index (χ4n) is 2.59. The predicted molar refractivity (Wildman–Crippen MR) is 116 cm³/mol. The number of carbonyl (C=O) groups is 3. The van der Waals surface area contributed by atoms with E-state index >= 15 is 0 Å². The highest BCUT2D eigenvalue weighted by Crippen LogP contribution is 2.17. The zero-order valence-electron chi connectivity index (χ0n) is 17.1. The van der Waals surface area contributed by atoms with E-state index in [-0.39, 0.29) is 24.3 Å². The van der Waals surface area contributed by atoms with Crippen LogP contribution < -0.4 is 20.9 Å². The fourth-order valence-corrected chi connectivity index (χ4v) is 2.59. The Morgan fingerprint density at radius 3 is 2.38 bits per heavy atom. The molecule has 3 N–H and O–H groups in total. The van der Waals surface area contributed by atoms with Crippen LogP contribution in [0.1, 0.15) is 37.0 Å². The second-order valence-electron chi connectivity index (χ2n) is 6.72. The van der Waals surface area contributed by atoms with Crippen molar-refractivity contribution in [1.29, 1.82) is 0 Å². The van der Waals surface area contributed by atoms with Crippen molar-refractivity contribution in [1.82, 2.24) is 5.32 Å². The van der Waals surface area contributed by atoms with E-state index in [1.54, 1.807) is 49.5 Å². The van der Waals surface area contributed by atoms with Crippen molar-refractivity contribution >= 4 is 34.8 Å². The van der Waals surface area contributed by atoms with Gasteiger partial charge in [0.15, 0.2) is 0 Å². The summed E-state index contributed by atoms with van der Waals surface area (Å²) in [5.74, 6) is -0.398. The van der Waals surface area contributed by atoms with Crippen molar-refractivity contribution in [2.45, 2.75) is 26.7 Å². The van der Waals surface area contributed by atoms with Gasteiger partial charge in [-0.15, -0.1) is 0 Å². The highest BCUT2D eigenvalue weighted by Gasteiger charge is 2.08. The highest BCUT2D eigenvalue weighted by molar-refractivity contribution is 5.96. The molecular formula is C22H28N4O3. The molecule has 0 heterocycles. The van der Waals surface area contributed by atoms with Gasteiger partial charge in [-0.25, -0.2) is 0 Å². The van der Waals surface area contributed by atoms with Crippen molar-refractivity contribution in [3.63, 3.8) is 0 Å². The number of hydrogen-bond acceptors (Lipinski definition) is 4. The average Bonchev–Trinajstić information content (AvgIpc) is 2.72. The Morgan fingerprint density at radius 2 is 1.72 bits per heavy atom. The Morgan fingerprint density at radius 1 is 1.00 bits per heavy atom. The van der Waals surface area contributed by atoms with Crippen LogP contribution in [0.4, 0.5) is 17.1 Å².